The van der Waals surface area contributed by atoms with E-state index in [0.29, 0.717) is 6.61 Å². The second kappa shape index (κ2) is 13.1. The van der Waals surface area contributed by atoms with Crippen molar-refractivity contribution in [2.75, 3.05) is 19.8 Å². The van der Waals surface area contributed by atoms with Gasteiger partial charge >= 0.3 is 0 Å². The van der Waals surface area contributed by atoms with E-state index in [2.05, 4.69) is 6.92 Å². The van der Waals surface area contributed by atoms with Gasteiger partial charge in [-0.25, -0.2) is 0 Å². The van der Waals surface area contributed by atoms with Gasteiger partial charge in [-0.05, 0) is 6.42 Å². The van der Waals surface area contributed by atoms with Gasteiger partial charge in [0.05, 0.1) is 13.2 Å². The van der Waals surface area contributed by atoms with Crippen LogP contribution in [0, 0.1) is 0 Å². The molecule has 0 radical (unpaired) electrons. The van der Waals surface area contributed by atoms with E-state index >= 15 is 0 Å². The van der Waals surface area contributed by atoms with Crippen molar-refractivity contribution >= 4 is 0 Å². The zero-order chi connectivity index (χ0) is 16.9. The van der Waals surface area contributed by atoms with Crippen LogP contribution in [-0.2, 0) is 9.47 Å². The van der Waals surface area contributed by atoms with Crippen LogP contribution in [0.2, 0.25) is 0 Å². The van der Waals surface area contributed by atoms with E-state index in [0.717, 1.165) is 12.8 Å². The van der Waals surface area contributed by atoms with Gasteiger partial charge in [-0.1, -0.05) is 64.7 Å². The highest BCUT2D eigenvalue weighted by Gasteiger charge is 2.39. The second-order valence-electron chi connectivity index (χ2n) is 6.68. The fourth-order valence-corrected chi connectivity index (χ4v) is 2.95. The van der Waals surface area contributed by atoms with Gasteiger partial charge in [0.1, 0.15) is 24.4 Å². The second-order valence-corrected chi connectivity index (χ2v) is 6.68. The average molecular weight is 332 g/mol. The van der Waals surface area contributed by atoms with Crippen molar-refractivity contribution in [3.05, 3.63) is 0 Å². The molecule has 0 aromatic heterocycles. The van der Waals surface area contributed by atoms with Crippen LogP contribution in [0.3, 0.4) is 0 Å². The number of aliphatic hydroxyl groups excluding tert-OH is 3. The molecule has 23 heavy (non-hydrogen) atoms. The summed E-state index contributed by atoms with van der Waals surface area (Å²) in [6.45, 7) is 3.08. The molecule has 3 N–H and O–H groups in total. The van der Waals surface area contributed by atoms with E-state index in [1.165, 1.54) is 51.4 Å². The van der Waals surface area contributed by atoms with Crippen LogP contribution in [0.4, 0.5) is 0 Å². The molecule has 0 amide bonds. The minimum Gasteiger partial charge on any atom is -0.388 e. The monoisotopic (exact) mass is 332 g/mol. The molecule has 0 saturated carbocycles. The molecule has 4 atom stereocenters. The van der Waals surface area contributed by atoms with Gasteiger partial charge in [0.2, 0.25) is 0 Å². The molecule has 1 aliphatic rings. The van der Waals surface area contributed by atoms with E-state index in [1.54, 1.807) is 0 Å². The van der Waals surface area contributed by atoms with E-state index in [1.807, 2.05) is 0 Å². The number of aliphatic hydroxyl groups is 3. The number of hydrogen-bond donors (Lipinski definition) is 3. The van der Waals surface area contributed by atoms with Crippen LogP contribution < -0.4 is 0 Å². The van der Waals surface area contributed by atoms with Crippen LogP contribution in [-0.4, -0.2) is 59.6 Å². The third-order valence-corrected chi connectivity index (χ3v) is 4.50. The predicted molar refractivity (Wildman–Crippen MR) is 90.4 cm³/mol. The maximum atomic E-state index is 9.88. The Kier molecular flexibility index (Phi) is 11.9. The zero-order valence-electron chi connectivity index (χ0n) is 14.7. The third kappa shape index (κ3) is 9.01. The molecular formula is C18H36O5. The SMILES string of the molecule is CCCCCCCCCCCCOCC(O)[C@H]1OC[C@@H](O)C1O. The topological polar surface area (TPSA) is 79.2 Å². The normalized spacial score (nSPS) is 25.8. The first-order valence-corrected chi connectivity index (χ1v) is 9.40. The highest BCUT2D eigenvalue weighted by Crippen LogP contribution is 2.18. The summed E-state index contributed by atoms with van der Waals surface area (Å²) >= 11 is 0. The first kappa shape index (κ1) is 20.8. The van der Waals surface area contributed by atoms with E-state index < -0.39 is 24.4 Å². The van der Waals surface area contributed by atoms with E-state index in [9.17, 15) is 15.3 Å². The maximum Gasteiger partial charge on any atom is 0.114 e. The lowest BCUT2D eigenvalue weighted by atomic mass is 10.1. The Hall–Kier alpha value is -0.200. The molecule has 1 rings (SSSR count). The summed E-state index contributed by atoms with van der Waals surface area (Å²) in [5, 5.41) is 28.9. The molecular weight excluding hydrogens is 296 g/mol. The lowest BCUT2D eigenvalue weighted by Crippen LogP contribution is -2.40. The van der Waals surface area contributed by atoms with Crippen molar-refractivity contribution in [2.24, 2.45) is 0 Å². The molecule has 0 aromatic rings. The van der Waals surface area contributed by atoms with Gasteiger partial charge in [0.15, 0.2) is 0 Å². The van der Waals surface area contributed by atoms with Gasteiger partial charge < -0.3 is 24.8 Å². The van der Waals surface area contributed by atoms with E-state index in [4.69, 9.17) is 9.47 Å². The number of rotatable bonds is 14. The molecule has 5 nitrogen and oxygen atoms in total. The zero-order valence-corrected chi connectivity index (χ0v) is 14.7. The molecule has 1 aliphatic heterocycles. The third-order valence-electron chi connectivity index (χ3n) is 4.50. The predicted octanol–water partition coefficient (Wildman–Crippen LogP) is 2.41. The van der Waals surface area contributed by atoms with Crippen LogP contribution in [0.1, 0.15) is 71.1 Å². The largest absolute Gasteiger partial charge is 0.388 e. The minimum atomic E-state index is -1.02. The number of unbranched alkanes of at least 4 members (excludes halogenated alkanes) is 9. The quantitative estimate of drug-likeness (QED) is 0.426. The molecule has 1 heterocycles. The maximum absolute atomic E-state index is 9.88. The van der Waals surface area contributed by atoms with Gasteiger partial charge in [-0.3, -0.25) is 0 Å². The van der Waals surface area contributed by atoms with Gasteiger partial charge in [0, 0.05) is 6.61 Å². The Balaban J connectivity index is 1.84. The van der Waals surface area contributed by atoms with Gasteiger partial charge in [0.25, 0.3) is 0 Å². The molecule has 1 fully saturated rings. The Morgan fingerprint density at radius 3 is 2.04 bits per heavy atom. The lowest BCUT2D eigenvalue weighted by molar-refractivity contribution is -0.0813. The molecule has 1 saturated heterocycles. The first-order chi connectivity index (χ1) is 11.2. The van der Waals surface area contributed by atoms with E-state index in [-0.39, 0.29) is 13.2 Å². The summed E-state index contributed by atoms with van der Waals surface area (Å²) in [4.78, 5) is 0. The summed E-state index contributed by atoms with van der Waals surface area (Å²) in [6, 6.07) is 0. The summed E-state index contributed by atoms with van der Waals surface area (Å²) in [5.74, 6) is 0. The van der Waals surface area contributed by atoms with Crippen LogP contribution >= 0.6 is 0 Å². The highest BCUT2D eigenvalue weighted by atomic mass is 16.5. The molecule has 0 aliphatic carbocycles. The fourth-order valence-electron chi connectivity index (χ4n) is 2.95. The summed E-state index contributed by atoms with van der Waals surface area (Å²) in [6.07, 6.45) is 9.27. The number of ether oxygens (including phenoxy) is 2. The highest BCUT2D eigenvalue weighted by molar-refractivity contribution is 4.87. The lowest BCUT2D eigenvalue weighted by Gasteiger charge is -2.20. The number of hydrogen-bond acceptors (Lipinski definition) is 5. The van der Waals surface area contributed by atoms with Crippen LogP contribution in [0.5, 0.6) is 0 Å². The summed E-state index contributed by atoms with van der Waals surface area (Å²) in [7, 11) is 0. The molecule has 0 bridgehead atoms. The van der Waals surface area contributed by atoms with Crippen molar-refractivity contribution in [3.63, 3.8) is 0 Å². The molecule has 0 spiro atoms. The molecule has 2 unspecified atom stereocenters. The Bertz CT molecular complexity index is 274. The summed E-state index contributed by atoms with van der Waals surface area (Å²) in [5.41, 5.74) is 0. The van der Waals surface area contributed by atoms with Crippen molar-refractivity contribution in [2.45, 2.75) is 95.5 Å². The fraction of sp³-hybridized carbons (Fsp3) is 1.00. The molecule has 138 valence electrons. The van der Waals surface area contributed by atoms with Crippen LogP contribution in [0.15, 0.2) is 0 Å². The van der Waals surface area contributed by atoms with Gasteiger partial charge in [-0.2, -0.15) is 0 Å². The Morgan fingerprint density at radius 2 is 1.52 bits per heavy atom. The molecule has 5 heteroatoms. The van der Waals surface area contributed by atoms with Crippen molar-refractivity contribution in [1.29, 1.82) is 0 Å². The Labute approximate surface area is 141 Å². The standard InChI is InChI=1S/C18H36O5/c1-2-3-4-5-6-7-8-9-10-11-12-22-13-16(20)18-17(21)15(19)14-23-18/h15-21H,2-14H2,1H3/t15-,16?,17?,18-/m1/s1. The minimum absolute atomic E-state index is 0.0708. The van der Waals surface area contributed by atoms with Crippen molar-refractivity contribution in [1.82, 2.24) is 0 Å². The first-order valence-electron chi connectivity index (χ1n) is 9.40. The van der Waals surface area contributed by atoms with Crippen LogP contribution in [0.25, 0.3) is 0 Å². The average Bonchev–Trinajstić information content (AvgIpc) is 2.88. The van der Waals surface area contributed by atoms with Crippen molar-refractivity contribution in [3.8, 4) is 0 Å². The Morgan fingerprint density at radius 1 is 0.957 bits per heavy atom. The van der Waals surface area contributed by atoms with Crippen molar-refractivity contribution < 1.29 is 24.8 Å². The molecule has 0 aromatic carbocycles. The van der Waals surface area contributed by atoms with Gasteiger partial charge in [-0.15, -0.1) is 0 Å². The summed E-state index contributed by atoms with van der Waals surface area (Å²) < 4.78 is 10.6. The smallest absolute Gasteiger partial charge is 0.114 e.